The van der Waals surface area contributed by atoms with E-state index in [2.05, 4.69) is 0 Å². The largest absolute Gasteiger partial charge is 0.481 e. The van der Waals surface area contributed by atoms with Crippen LogP contribution in [0.3, 0.4) is 0 Å². The summed E-state index contributed by atoms with van der Waals surface area (Å²) in [6, 6.07) is 0. The van der Waals surface area contributed by atoms with Gasteiger partial charge in [0.15, 0.2) is 3.95 Å². The molecule has 88 valence electrons. The summed E-state index contributed by atoms with van der Waals surface area (Å²) in [5, 5.41) is 18.9. The summed E-state index contributed by atoms with van der Waals surface area (Å²) in [5.41, 5.74) is 0.632. The van der Waals surface area contributed by atoms with E-state index >= 15 is 0 Å². The topological polar surface area (TPSA) is 79.5 Å². The lowest BCUT2D eigenvalue weighted by atomic mass is 10.3. The van der Waals surface area contributed by atoms with E-state index in [0.717, 1.165) is 0 Å². The van der Waals surface area contributed by atoms with Gasteiger partial charge in [-0.05, 0) is 18.6 Å². The highest BCUT2D eigenvalue weighted by Crippen LogP contribution is 2.13. The Morgan fingerprint density at radius 2 is 2.06 bits per heavy atom. The number of rotatable bonds is 6. The number of aromatic nitrogens is 1. The highest BCUT2D eigenvalue weighted by atomic mass is 32.1. The van der Waals surface area contributed by atoms with E-state index in [1.165, 1.54) is 11.3 Å². The fourth-order valence-corrected chi connectivity index (χ4v) is 2.41. The Morgan fingerprint density at radius 1 is 1.38 bits per heavy atom. The Labute approximate surface area is 101 Å². The third kappa shape index (κ3) is 3.74. The fourth-order valence-electron chi connectivity index (χ4n) is 1.28. The lowest BCUT2D eigenvalue weighted by Crippen LogP contribution is -2.09. The minimum absolute atomic E-state index is 0.0597. The van der Waals surface area contributed by atoms with Gasteiger partial charge in [-0.1, -0.05) is 0 Å². The SMILES string of the molecule is O=C(O)CCCn1c(CC(=O)O)csc1=S. The molecular weight excluding hydrogens is 250 g/mol. The molecule has 1 rings (SSSR count). The zero-order valence-corrected chi connectivity index (χ0v) is 10.0. The average molecular weight is 261 g/mol. The Hall–Kier alpha value is -1.21. The van der Waals surface area contributed by atoms with Crippen molar-refractivity contribution in [1.82, 2.24) is 4.57 Å². The van der Waals surface area contributed by atoms with Crippen LogP contribution in [0.25, 0.3) is 0 Å². The first-order valence-corrected chi connectivity index (χ1v) is 5.90. The van der Waals surface area contributed by atoms with E-state index in [1.54, 1.807) is 9.95 Å². The average Bonchev–Trinajstić information content (AvgIpc) is 2.48. The van der Waals surface area contributed by atoms with Crippen LogP contribution in [0.5, 0.6) is 0 Å². The highest BCUT2D eigenvalue weighted by Gasteiger charge is 2.08. The molecule has 0 aliphatic heterocycles. The van der Waals surface area contributed by atoms with Gasteiger partial charge >= 0.3 is 11.9 Å². The molecule has 7 heteroatoms. The van der Waals surface area contributed by atoms with Gasteiger partial charge in [-0.3, -0.25) is 9.59 Å². The van der Waals surface area contributed by atoms with Gasteiger partial charge < -0.3 is 14.8 Å². The third-order valence-corrected chi connectivity index (χ3v) is 3.29. The monoisotopic (exact) mass is 261 g/mol. The predicted octanol–water partition coefficient (Wildman–Crippen LogP) is 1.77. The molecule has 0 radical (unpaired) electrons. The molecule has 0 fully saturated rings. The molecule has 0 spiro atoms. The van der Waals surface area contributed by atoms with E-state index in [-0.39, 0.29) is 12.8 Å². The van der Waals surface area contributed by atoms with Gasteiger partial charge in [-0.25, -0.2) is 0 Å². The summed E-state index contributed by atoms with van der Waals surface area (Å²) in [5.74, 6) is -1.78. The Balaban J connectivity index is 2.70. The smallest absolute Gasteiger partial charge is 0.309 e. The molecule has 1 aromatic heterocycles. The molecule has 0 aliphatic carbocycles. The summed E-state index contributed by atoms with van der Waals surface area (Å²) >= 11 is 6.34. The molecule has 0 amide bonds. The van der Waals surface area contributed by atoms with Gasteiger partial charge in [-0.15, -0.1) is 11.3 Å². The van der Waals surface area contributed by atoms with Crippen molar-refractivity contribution >= 4 is 35.5 Å². The van der Waals surface area contributed by atoms with Crippen LogP contribution in [0, 0.1) is 3.95 Å². The van der Waals surface area contributed by atoms with Crippen molar-refractivity contribution < 1.29 is 19.8 Å². The van der Waals surface area contributed by atoms with Gasteiger partial charge in [0.2, 0.25) is 0 Å². The molecule has 5 nitrogen and oxygen atoms in total. The Kier molecular flexibility index (Phi) is 4.63. The van der Waals surface area contributed by atoms with E-state index in [4.69, 9.17) is 22.4 Å². The van der Waals surface area contributed by atoms with Crippen LogP contribution in [-0.2, 0) is 22.6 Å². The lowest BCUT2D eigenvalue weighted by molar-refractivity contribution is -0.138. The van der Waals surface area contributed by atoms with Gasteiger partial charge in [0.25, 0.3) is 0 Å². The molecule has 0 saturated carbocycles. The Morgan fingerprint density at radius 3 is 2.62 bits per heavy atom. The summed E-state index contributed by atoms with van der Waals surface area (Å²) in [7, 11) is 0. The molecular formula is C9H11NO4S2. The number of hydrogen-bond donors (Lipinski definition) is 2. The second-order valence-electron chi connectivity index (χ2n) is 3.21. The molecule has 2 N–H and O–H groups in total. The maximum absolute atomic E-state index is 10.6. The first-order chi connectivity index (χ1) is 7.50. The van der Waals surface area contributed by atoms with Crippen LogP contribution in [0.2, 0.25) is 0 Å². The number of aliphatic carboxylic acids is 2. The molecule has 0 aliphatic rings. The van der Waals surface area contributed by atoms with Crippen molar-refractivity contribution in [2.45, 2.75) is 25.8 Å². The first kappa shape index (κ1) is 12.9. The van der Waals surface area contributed by atoms with Crippen LogP contribution in [-0.4, -0.2) is 26.7 Å². The number of thiazole rings is 1. The third-order valence-electron chi connectivity index (χ3n) is 1.97. The Bertz CT molecular complexity index is 449. The van der Waals surface area contributed by atoms with Crippen molar-refractivity contribution in [2.24, 2.45) is 0 Å². The van der Waals surface area contributed by atoms with E-state index in [9.17, 15) is 9.59 Å². The van der Waals surface area contributed by atoms with Gasteiger partial charge in [0.1, 0.15) is 0 Å². The van der Waals surface area contributed by atoms with Crippen molar-refractivity contribution in [1.29, 1.82) is 0 Å². The molecule has 0 bridgehead atoms. The highest BCUT2D eigenvalue weighted by molar-refractivity contribution is 7.73. The number of nitrogens with zero attached hydrogens (tertiary/aromatic N) is 1. The van der Waals surface area contributed by atoms with Crippen LogP contribution in [0.1, 0.15) is 18.5 Å². The first-order valence-electron chi connectivity index (χ1n) is 4.61. The zero-order chi connectivity index (χ0) is 12.1. The summed E-state index contributed by atoms with van der Waals surface area (Å²) in [6.07, 6.45) is 0.428. The maximum atomic E-state index is 10.6. The van der Waals surface area contributed by atoms with Crippen molar-refractivity contribution in [3.8, 4) is 0 Å². The van der Waals surface area contributed by atoms with Crippen molar-refractivity contribution in [2.75, 3.05) is 0 Å². The lowest BCUT2D eigenvalue weighted by Gasteiger charge is -2.05. The van der Waals surface area contributed by atoms with Gasteiger partial charge in [0, 0.05) is 24.0 Å². The van der Waals surface area contributed by atoms with Crippen molar-refractivity contribution in [3.63, 3.8) is 0 Å². The molecule has 1 heterocycles. The van der Waals surface area contributed by atoms with Gasteiger partial charge in [-0.2, -0.15) is 0 Å². The van der Waals surface area contributed by atoms with Gasteiger partial charge in [0.05, 0.1) is 6.42 Å². The normalized spacial score (nSPS) is 10.2. The summed E-state index contributed by atoms with van der Waals surface area (Å²) < 4.78 is 2.28. The molecule has 0 atom stereocenters. The number of carboxylic acids is 2. The number of carbonyl (C=O) groups is 2. The minimum Gasteiger partial charge on any atom is -0.481 e. The summed E-state index contributed by atoms with van der Waals surface area (Å²) in [6.45, 7) is 0.456. The van der Waals surface area contributed by atoms with Crippen LogP contribution in [0.15, 0.2) is 5.38 Å². The minimum atomic E-state index is -0.917. The second-order valence-corrected chi connectivity index (χ2v) is 4.72. The number of hydrogen-bond acceptors (Lipinski definition) is 4. The predicted molar refractivity (Wildman–Crippen MR) is 61.4 cm³/mol. The van der Waals surface area contributed by atoms with Crippen molar-refractivity contribution in [3.05, 3.63) is 15.0 Å². The van der Waals surface area contributed by atoms with E-state index < -0.39 is 11.9 Å². The quantitative estimate of drug-likeness (QED) is 0.763. The zero-order valence-electron chi connectivity index (χ0n) is 8.38. The molecule has 16 heavy (non-hydrogen) atoms. The molecule has 0 aromatic carbocycles. The second kappa shape index (κ2) is 5.76. The van der Waals surface area contributed by atoms with Crippen LogP contribution >= 0.6 is 23.6 Å². The molecule has 1 aromatic rings. The van der Waals surface area contributed by atoms with Crippen LogP contribution < -0.4 is 0 Å². The van der Waals surface area contributed by atoms with Crippen LogP contribution in [0.4, 0.5) is 0 Å². The van der Waals surface area contributed by atoms with E-state index in [1.807, 2.05) is 0 Å². The summed E-state index contributed by atoms with van der Waals surface area (Å²) in [4.78, 5) is 20.9. The maximum Gasteiger partial charge on any atom is 0.309 e. The molecule has 0 saturated heterocycles. The van der Waals surface area contributed by atoms with E-state index in [0.29, 0.717) is 22.6 Å². The molecule has 0 unspecified atom stereocenters. The standard InChI is InChI=1S/C9H11NO4S2/c11-7(12)2-1-3-10-6(4-8(13)14)5-16-9(10)15/h5H,1-4H2,(H,11,12)(H,13,14). The fraction of sp³-hybridized carbons (Fsp3) is 0.444. The number of carboxylic acid groups (broad SMARTS) is 2.